The minimum Gasteiger partial charge on any atom is -0.292 e. The molecule has 20 heavy (non-hydrogen) atoms. The van der Waals surface area contributed by atoms with Gasteiger partial charge in [-0.05, 0) is 45.0 Å². The van der Waals surface area contributed by atoms with E-state index in [1.165, 1.54) is 19.1 Å². The Balaban J connectivity index is 3.31. The largest absolute Gasteiger partial charge is 0.292 e. The van der Waals surface area contributed by atoms with Crippen LogP contribution in [0.2, 0.25) is 0 Å². The van der Waals surface area contributed by atoms with Crippen LogP contribution in [0, 0.1) is 18.6 Å². The highest BCUT2D eigenvalue weighted by molar-refractivity contribution is 6.03. The molecule has 0 aliphatic rings. The van der Waals surface area contributed by atoms with Gasteiger partial charge in [-0.2, -0.15) is 0 Å². The minimum atomic E-state index is -1.04. The Morgan fingerprint density at radius 3 is 2.15 bits per heavy atom. The number of ketones is 1. The molecule has 0 radical (unpaired) electrons. The van der Waals surface area contributed by atoms with Crippen molar-refractivity contribution in [2.75, 3.05) is 13.1 Å². The number of halogens is 2. The summed E-state index contributed by atoms with van der Waals surface area (Å²) in [4.78, 5) is 14.7. The summed E-state index contributed by atoms with van der Waals surface area (Å²) < 4.78 is 27.7. The molecule has 0 spiro atoms. The number of likely N-dealkylation sites (N-methyl/N-ethyl adjacent to an activating group) is 1. The average molecular weight is 283 g/mol. The summed E-state index contributed by atoms with van der Waals surface area (Å²) in [7, 11) is 0. The molecule has 0 fully saturated rings. The smallest absolute Gasteiger partial charge is 0.185 e. The highest BCUT2D eigenvalue weighted by atomic mass is 19.2. The molecule has 0 saturated heterocycles. The third kappa shape index (κ3) is 2.75. The number of Topliss-reactive ketones (excluding diaryl/α,β-unsaturated/α-hetero) is 1. The van der Waals surface area contributed by atoms with Gasteiger partial charge in [-0.15, -0.1) is 0 Å². The standard InChI is InChI=1S/C16H23F2NO/c1-6-16(5,19(7-2)8-3)15(20)12-10-9-11(4)13(17)14(12)18/h9-10H,6-8H2,1-5H3. The van der Waals surface area contributed by atoms with E-state index in [4.69, 9.17) is 0 Å². The van der Waals surface area contributed by atoms with E-state index in [9.17, 15) is 13.6 Å². The molecule has 0 aromatic heterocycles. The minimum absolute atomic E-state index is 0.163. The van der Waals surface area contributed by atoms with Gasteiger partial charge >= 0.3 is 0 Å². The summed E-state index contributed by atoms with van der Waals surface area (Å²) in [6, 6.07) is 2.83. The molecule has 0 heterocycles. The summed E-state index contributed by atoms with van der Waals surface area (Å²) in [5.74, 6) is -2.34. The molecule has 0 bridgehead atoms. The highest BCUT2D eigenvalue weighted by Gasteiger charge is 2.38. The maximum Gasteiger partial charge on any atom is 0.185 e. The number of benzene rings is 1. The second-order valence-electron chi connectivity index (χ2n) is 5.19. The summed E-state index contributed by atoms with van der Waals surface area (Å²) in [5, 5.41) is 0. The molecule has 0 aliphatic heterocycles. The molecule has 1 unspecified atom stereocenters. The molecule has 1 aromatic carbocycles. The van der Waals surface area contributed by atoms with E-state index >= 15 is 0 Å². The van der Waals surface area contributed by atoms with Gasteiger partial charge in [-0.1, -0.05) is 26.8 Å². The molecule has 112 valence electrons. The Labute approximate surface area is 119 Å². The predicted octanol–water partition coefficient (Wildman–Crippen LogP) is 3.97. The fourth-order valence-corrected chi connectivity index (χ4v) is 2.56. The second kappa shape index (κ2) is 6.44. The van der Waals surface area contributed by atoms with Gasteiger partial charge in [0.1, 0.15) is 0 Å². The van der Waals surface area contributed by atoms with Gasteiger partial charge in [0, 0.05) is 0 Å². The van der Waals surface area contributed by atoms with Crippen molar-refractivity contribution in [3.63, 3.8) is 0 Å². The molecule has 1 aromatic rings. The first kappa shape index (κ1) is 16.8. The predicted molar refractivity (Wildman–Crippen MR) is 77.0 cm³/mol. The number of nitrogens with zero attached hydrogens (tertiary/aromatic N) is 1. The van der Waals surface area contributed by atoms with Gasteiger partial charge in [0.15, 0.2) is 17.4 Å². The van der Waals surface area contributed by atoms with Crippen molar-refractivity contribution < 1.29 is 13.6 Å². The van der Waals surface area contributed by atoms with Crippen LogP contribution in [0.1, 0.15) is 50.0 Å². The number of hydrogen-bond acceptors (Lipinski definition) is 2. The molecule has 1 atom stereocenters. The zero-order valence-electron chi connectivity index (χ0n) is 12.9. The quantitative estimate of drug-likeness (QED) is 0.736. The van der Waals surface area contributed by atoms with Crippen LogP contribution in [0.15, 0.2) is 12.1 Å². The Morgan fingerprint density at radius 2 is 1.70 bits per heavy atom. The first-order valence-corrected chi connectivity index (χ1v) is 7.07. The van der Waals surface area contributed by atoms with Crippen molar-refractivity contribution in [1.82, 2.24) is 4.90 Å². The maximum atomic E-state index is 14.0. The molecule has 2 nitrogen and oxygen atoms in total. The second-order valence-corrected chi connectivity index (χ2v) is 5.19. The van der Waals surface area contributed by atoms with E-state index in [0.29, 0.717) is 19.5 Å². The lowest BCUT2D eigenvalue weighted by Crippen LogP contribution is -2.52. The van der Waals surface area contributed by atoms with Crippen molar-refractivity contribution in [3.05, 3.63) is 34.9 Å². The fourth-order valence-electron chi connectivity index (χ4n) is 2.56. The molecule has 0 saturated carbocycles. The lowest BCUT2D eigenvalue weighted by atomic mass is 9.86. The lowest BCUT2D eigenvalue weighted by molar-refractivity contribution is 0.0602. The number of carbonyl (C=O) groups is 1. The Hall–Kier alpha value is -1.29. The number of hydrogen-bond donors (Lipinski definition) is 0. The van der Waals surface area contributed by atoms with Crippen LogP contribution < -0.4 is 0 Å². The van der Waals surface area contributed by atoms with Crippen molar-refractivity contribution in [1.29, 1.82) is 0 Å². The van der Waals surface area contributed by atoms with E-state index < -0.39 is 17.2 Å². The van der Waals surface area contributed by atoms with Gasteiger partial charge in [-0.25, -0.2) is 8.78 Å². The van der Waals surface area contributed by atoms with Crippen LogP contribution in [-0.2, 0) is 0 Å². The van der Waals surface area contributed by atoms with Gasteiger partial charge < -0.3 is 0 Å². The maximum absolute atomic E-state index is 14.0. The highest BCUT2D eigenvalue weighted by Crippen LogP contribution is 2.27. The van der Waals surface area contributed by atoms with Gasteiger partial charge in [0.2, 0.25) is 0 Å². The van der Waals surface area contributed by atoms with Crippen molar-refractivity contribution in [2.45, 2.75) is 46.6 Å². The summed E-state index contributed by atoms with van der Waals surface area (Å²) >= 11 is 0. The van der Waals surface area contributed by atoms with Crippen LogP contribution in [0.5, 0.6) is 0 Å². The van der Waals surface area contributed by atoms with Gasteiger partial charge in [0.05, 0.1) is 11.1 Å². The topological polar surface area (TPSA) is 20.3 Å². The fraction of sp³-hybridized carbons (Fsp3) is 0.562. The van der Waals surface area contributed by atoms with Crippen molar-refractivity contribution in [2.24, 2.45) is 0 Å². The zero-order chi connectivity index (χ0) is 15.5. The van der Waals surface area contributed by atoms with Crippen molar-refractivity contribution >= 4 is 5.78 Å². The van der Waals surface area contributed by atoms with Crippen LogP contribution in [0.4, 0.5) is 8.78 Å². The summed E-state index contributed by atoms with van der Waals surface area (Å²) in [6.45, 7) is 10.4. The van der Waals surface area contributed by atoms with E-state index in [1.54, 1.807) is 6.92 Å². The number of aryl methyl sites for hydroxylation is 1. The van der Waals surface area contributed by atoms with E-state index in [-0.39, 0.29) is 16.9 Å². The third-order valence-electron chi connectivity index (χ3n) is 4.16. The van der Waals surface area contributed by atoms with Crippen LogP contribution in [0.25, 0.3) is 0 Å². The van der Waals surface area contributed by atoms with E-state index in [2.05, 4.69) is 0 Å². The Kier molecular flexibility index (Phi) is 5.40. The Bertz CT molecular complexity index is 497. The molecule has 0 aliphatic carbocycles. The van der Waals surface area contributed by atoms with Crippen molar-refractivity contribution in [3.8, 4) is 0 Å². The Morgan fingerprint density at radius 1 is 1.15 bits per heavy atom. The first-order chi connectivity index (χ1) is 9.33. The lowest BCUT2D eigenvalue weighted by Gasteiger charge is -2.38. The van der Waals surface area contributed by atoms with E-state index in [0.717, 1.165) is 0 Å². The summed E-state index contributed by atoms with van der Waals surface area (Å²) in [5.41, 5.74) is -0.768. The number of rotatable bonds is 6. The van der Waals surface area contributed by atoms with Crippen LogP contribution in [-0.4, -0.2) is 29.3 Å². The zero-order valence-corrected chi connectivity index (χ0v) is 12.9. The molecule has 0 amide bonds. The molecular weight excluding hydrogens is 260 g/mol. The SMILES string of the molecule is CCN(CC)C(C)(CC)C(=O)c1ccc(C)c(F)c1F. The monoisotopic (exact) mass is 283 g/mol. The van der Waals surface area contributed by atoms with Gasteiger partial charge in [0.25, 0.3) is 0 Å². The average Bonchev–Trinajstić information content (AvgIpc) is 2.45. The number of carbonyl (C=O) groups excluding carboxylic acids is 1. The van der Waals surface area contributed by atoms with Crippen LogP contribution >= 0.6 is 0 Å². The third-order valence-corrected chi connectivity index (χ3v) is 4.16. The molecule has 4 heteroatoms. The summed E-state index contributed by atoms with van der Waals surface area (Å²) in [6.07, 6.45) is 0.544. The van der Waals surface area contributed by atoms with Gasteiger partial charge in [-0.3, -0.25) is 9.69 Å². The molecule has 0 N–H and O–H groups in total. The molecular formula is C16H23F2NO. The molecule has 1 rings (SSSR count). The first-order valence-electron chi connectivity index (χ1n) is 7.07. The van der Waals surface area contributed by atoms with Crippen LogP contribution in [0.3, 0.4) is 0 Å². The van der Waals surface area contributed by atoms with E-state index in [1.807, 2.05) is 25.7 Å². The normalized spacial score (nSPS) is 14.4.